The van der Waals surface area contributed by atoms with Gasteiger partial charge in [0.15, 0.2) is 0 Å². The summed E-state index contributed by atoms with van der Waals surface area (Å²) < 4.78 is 6.27. The van der Waals surface area contributed by atoms with Crippen LogP contribution in [0.5, 0.6) is 0 Å². The summed E-state index contributed by atoms with van der Waals surface area (Å²) in [4.78, 5) is 11.9. The van der Waals surface area contributed by atoms with Crippen molar-refractivity contribution in [2.75, 3.05) is 27.2 Å². The molecular formula is C19H23NO3S. The van der Waals surface area contributed by atoms with Gasteiger partial charge in [0.25, 0.3) is 6.47 Å². The molecule has 128 valence electrons. The van der Waals surface area contributed by atoms with Crippen LogP contribution in [-0.4, -0.2) is 43.7 Å². The third-order valence-electron chi connectivity index (χ3n) is 3.75. The van der Waals surface area contributed by atoms with Crippen molar-refractivity contribution >= 4 is 18.2 Å². The number of ether oxygens (including phenoxy) is 1. The molecule has 1 N–H and O–H groups in total. The van der Waals surface area contributed by atoms with Gasteiger partial charge < -0.3 is 14.7 Å². The molecule has 3 rings (SSSR count). The minimum atomic E-state index is -0.250. The van der Waals surface area contributed by atoms with Crippen LogP contribution in [0.4, 0.5) is 0 Å². The number of likely N-dealkylation sites (N-methyl/N-ethyl adjacent to an activating group) is 1. The van der Waals surface area contributed by atoms with Gasteiger partial charge in [-0.15, -0.1) is 11.8 Å². The maximum Gasteiger partial charge on any atom is 0.290 e. The first-order valence-electron chi connectivity index (χ1n) is 7.81. The van der Waals surface area contributed by atoms with E-state index in [4.69, 9.17) is 14.6 Å². The average Bonchev–Trinajstić information content (AvgIpc) is 2.73. The molecule has 5 heteroatoms. The van der Waals surface area contributed by atoms with Crippen molar-refractivity contribution in [1.82, 2.24) is 4.90 Å². The molecule has 1 aliphatic heterocycles. The maximum absolute atomic E-state index is 8.36. The molecule has 24 heavy (non-hydrogen) atoms. The van der Waals surface area contributed by atoms with Gasteiger partial charge in [-0.2, -0.15) is 0 Å². The van der Waals surface area contributed by atoms with E-state index in [0.717, 1.165) is 18.9 Å². The van der Waals surface area contributed by atoms with E-state index in [1.807, 2.05) is 11.8 Å². The molecule has 2 aromatic carbocycles. The second-order valence-electron chi connectivity index (χ2n) is 5.68. The minimum Gasteiger partial charge on any atom is -0.483 e. The van der Waals surface area contributed by atoms with Crippen LogP contribution in [0.2, 0.25) is 0 Å². The number of nitrogens with zero attached hydrogens (tertiary/aromatic N) is 1. The number of fused-ring (bicyclic) bond motifs is 2. The molecule has 1 unspecified atom stereocenters. The van der Waals surface area contributed by atoms with Gasteiger partial charge in [-0.1, -0.05) is 42.5 Å². The Bertz CT molecular complexity index is 613. The highest BCUT2D eigenvalue weighted by Gasteiger charge is 2.24. The predicted octanol–water partition coefficient (Wildman–Crippen LogP) is 3.66. The molecule has 0 radical (unpaired) electrons. The molecule has 0 aromatic heterocycles. The molecule has 1 heterocycles. The lowest BCUT2D eigenvalue weighted by atomic mass is 9.97. The topological polar surface area (TPSA) is 49.8 Å². The lowest BCUT2D eigenvalue weighted by molar-refractivity contribution is -0.122. The summed E-state index contributed by atoms with van der Waals surface area (Å²) >= 11 is 1.91. The van der Waals surface area contributed by atoms with Crippen molar-refractivity contribution in [3.8, 4) is 0 Å². The van der Waals surface area contributed by atoms with Crippen LogP contribution in [0.15, 0.2) is 53.4 Å². The Hall–Kier alpha value is -1.82. The highest BCUT2D eigenvalue weighted by atomic mass is 32.2. The molecule has 1 aliphatic rings. The first kappa shape index (κ1) is 18.5. The number of hydrogen-bond donors (Lipinski definition) is 1. The van der Waals surface area contributed by atoms with E-state index in [9.17, 15) is 0 Å². The van der Waals surface area contributed by atoms with Gasteiger partial charge in [0.1, 0.15) is 6.10 Å². The van der Waals surface area contributed by atoms with Crippen LogP contribution >= 0.6 is 11.8 Å². The fourth-order valence-electron chi connectivity index (χ4n) is 2.61. The fraction of sp³-hybridized carbons (Fsp3) is 0.316. The molecule has 4 nitrogen and oxygen atoms in total. The van der Waals surface area contributed by atoms with Gasteiger partial charge in [0.05, 0.1) is 6.61 Å². The fourth-order valence-corrected chi connectivity index (χ4v) is 3.70. The highest BCUT2D eigenvalue weighted by Crippen LogP contribution is 2.40. The van der Waals surface area contributed by atoms with Crippen molar-refractivity contribution in [3.63, 3.8) is 0 Å². The van der Waals surface area contributed by atoms with Crippen molar-refractivity contribution < 1.29 is 14.6 Å². The first-order chi connectivity index (χ1) is 11.7. The minimum absolute atomic E-state index is 0.0485. The van der Waals surface area contributed by atoms with E-state index < -0.39 is 0 Å². The third-order valence-corrected chi connectivity index (χ3v) is 4.88. The molecule has 1 atom stereocenters. The van der Waals surface area contributed by atoms with Gasteiger partial charge in [-0.3, -0.25) is 4.79 Å². The summed E-state index contributed by atoms with van der Waals surface area (Å²) in [5.41, 5.74) is 3.99. The first-order valence-corrected chi connectivity index (χ1v) is 8.79. The zero-order valence-electron chi connectivity index (χ0n) is 14.0. The molecule has 0 fully saturated rings. The van der Waals surface area contributed by atoms with Gasteiger partial charge in [0.2, 0.25) is 0 Å². The Kier molecular flexibility index (Phi) is 7.31. The number of thioether (sulfide) groups is 1. The van der Waals surface area contributed by atoms with Gasteiger partial charge >= 0.3 is 0 Å². The average molecular weight is 345 g/mol. The number of hydrogen-bond acceptors (Lipinski definition) is 4. The summed E-state index contributed by atoms with van der Waals surface area (Å²) in [6, 6.07) is 17.3. The van der Waals surface area contributed by atoms with Gasteiger partial charge in [-0.25, -0.2) is 0 Å². The van der Waals surface area contributed by atoms with Crippen molar-refractivity contribution in [1.29, 1.82) is 0 Å². The Labute approximate surface area is 147 Å². The molecule has 0 spiro atoms. The zero-order chi connectivity index (χ0) is 17.4. The lowest BCUT2D eigenvalue weighted by Gasteiger charge is -2.21. The Balaban J connectivity index is 0.000000647. The van der Waals surface area contributed by atoms with E-state index in [1.165, 1.54) is 21.6 Å². The van der Waals surface area contributed by atoms with Gasteiger partial charge in [-0.05, 0) is 36.9 Å². The second-order valence-corrected chi connectivity index (χ2v) is 6.70. The number of benzene rings is 2. The van der Waals surface area contributed by atoms with Crippen LogP contribution in [-0.2, 0) is 15.3 Å². The van der Waals surface area contributed by atoms with Crippen LogP contribution in [0.1, 0.15) is 22.8 Å². The van der Waals surface area contributed by atoms with Crippen LogP contribution < -0.4 is 0 Å². The van der Waals surface area contributed by atoms with Gasteiger partial charge in [0, 0.05) is 17.2 Å². The number of rotatable bonds is 4. The lowest BCUT2D eigenvalue weighted by Crippen LogP contribution is -2.20. The molecule has 0 aliphatic carbocycles. The van der Waals surface area contributed by atoms with E-state index >= 15 is 0 Å². The molecule has 0 bridgehead atoms. The van der Waals surface area contributed by atoms with E-state index in [-0.39, 0.29) is 12.6 Å². The SMILES string of the molecule is CN(C)CCOC1c2ccccc2CSc2ccccc21.O=CO. The Morgan fingerprint density at radius 2 is 1.79 bits per heavy atom. The summed E-state index contributed by atoms with van der Waals surface area (Å²) in [5, 5.41) is 6.89. The van der Waals surface area contributed by atoms with Crippen LogP contribution in [0.3, 0.4) is 0 Å². The molecule has 0 amide bonds. The smallest absolute Gasteiger partial charge is 0.290 e. The molecule has 0 saturated carbocycles. The Morgan fingerprint density at radius 3 is 2.50 bits per heavy atom. The van der Waals surface area contributed by atoms with E-state index in [0.29, 0.717) is 0 Å². The second kappa shape index (κ2) is 9.47. The van der Waals surface area contributed by atoms with E-state index in [1.54, 1.807) is 0 Å². The quantitative estimate of drug-likeness (QED) is 0.857. The summed E-state index contributed by atoms with van der Waals surface area (Å²) in [7, 11) is 4.16. The summed E-state index contributed by atoms with van der Waals surface area (Å²) in [5.74, 6) is 1.01. The Morgan fingerprint density at radius 1 is 1.17 bits per heavy atom. The predicted molar refractivity (Wildman–Crippen MR) is 97.5 cm³/mol. The largest absolute Gasteiger partial charge is 0.483 e. The third kappa shape index (κ3) is 4.84. The van der Waals surface area contributed by atoms with Crippen molar-refractivity contribution in [2.24, 2.45) is 0 Å². The molecule has 0 saturated heterocycles. The maximum atomic E-state index is 8.36. The van der Waals surface area contributed by atoms with Crippen LogP contribution in [0.25, 0.3) is 0 Å². The highest BCUT2D eigenvalue weighted by molar-refractivity contribution is 7.98. The van der Waals surface area contributed by atoms with Crippen molar-refractivity contribution in [3.05, 3.63) is 65.2 Å². The summed E-state index contributed by atoms with van der Waals surface area (Å²) in [6.45, 7) is 1.43. The standard InChI is InChI=1S/C18H21NOS.CH2O2/c1-19(2)11-12-20-18-15-8-4-3-7-14(15)13-21-17-10-6-5-9-16(17)18;2-1-3/h3-10,18H,11-13H2,1-2H3;1H,(H,2,3). The normalized spacial score (nSPS) is 15.5. The summed E-state index contributed by atoms with van der Waals surface area (Å²) in [6.07, 6.45) is 0.0485. The number of carboxylic acid groups (broad SMARTS) is 1. The molecule has 2 aromatic rings. The zero-order valence-corrected chi connectivity index (χ0v) is 14.8. The number of carbonyl (C=O) groups is 1. The van der Waals surface area contributed by atoms with Crippen LogP contribution in [0, 0.1) is 0 Å². The molecular weight excluding hydrogens is 322 g/mol. The van der Waals surface area contributed by atoms with E-state index in [2.05, 4.69) is 67.5 Å². The monoisotopic (exact) mass is 345 g/mol. The van der Waals surface area contributed by atoms with Crippen molar-refractivity contribution in [2.45, 2.75) is 16.8 Å².